The van der Waals surface area contributed by atoms with Crippen LogP contribution in [-0.4, -0.2) is 12.2 Å². The molecule has 0 saturated heterocycles. The molecule has 6 rings (SSSR count). The van der Waals surface area contributed by atoms with Crippen LogP contribution in [0.25, 0.3) is 0 Å². The van der Waals surface area contributed by atoms with Crippen LogP contribution in [0.15, 0.2) is 134 Å². The number of amides is 2. The van der Waals surface area contributed by atoms with E-state index in [9.17, 15) is 9.59 Å². The van der Waals surface area contributed by atoms with Crippen molar-refractivity contribution in [1.29, 1.82) is 0 Å². The topological polar surface area (TPSA) is 76.7 Å². The average molecular weight is 674 g/mol. The standard InChI is InChI=1S/2C13H8F2NO2.2C5H5.Ti/c2*14-9-6-7-12(11(15)8-9)16-13(17)18-10-4-2-1-3-5-10;2*1-2-4-5-3-1;/h2*1-7H,(H,16,17);2*1-5H;. The molecule has 0 atom stereocenters. The molecule has 0 aliphatic heterocycles. The summed E-state index contributed by atoms with van der Waals surface area (Å²) >= 11 is -5.20. The summed E-state index contributed by atoms with van der Waals surface area (Å²) in [6.07, 6.45) is 11.1. The van der Waals surface area contributed by atoms with E-state index in [-0.39, 0.29) is 11.5 Å². The van der Waals surface area contributed by atoms with Crippen LogP contribution >= 0.6 is 0 Å². The van der Waals surface area contributed by atoms with Crippen molar-refractivity contribution in [3.63, 3.8) is 0 Å². The molecule has 0 heterocycles. The number of ether oxygens (including phenoxy) is 2. The Balaban J connectivity index is 1.50. The molecule has 2 aliphatic rings. The van der Waals surface area contributed by atoms with Crippen LogP contribution in [0.2, 0.25) is 8.45 Å². The van der Waals surface area contributed by atoms with E-state index in [2.05, 4.69) is 10.6 Å². The van der Waals surface area contributed by atoms with E-state index >= 15 is 17.6 Å². The number of para-hydroxylation sites is 2. The van der Waals surface area contributed by atoms with Gasteiger partial charge in [0.1, 0.15) is 0 Å². The first-order valence-corrected chi connectivity index (χ1v) is 17.9. The Bertz CT molecular complexity index is 1780. The van der Waals surface area contributed by atoms with Gasteiger partial charge in [-0.25, -0.2) is 0 Å². The molecule has 2 amide bonds. The Hall–Kier alpha value is -5.19. The van der Waals surface area contributed by atoms with Gasteiger partial charge in [0.2, 0.25) is 0 Å². The molecule has 4 aromatic rings. The Morgan fingerprint density at radius 1 is 0.532 bits per heavy atom. The number of hydrogen-bond acceptors (Lipinski definition) is 4. The van der Waals surface area contributed by atoms with Crippen LogP contribution in [0.4, 0.5) is 38.5 Å². The predicted octanol–water partition coefficient (Wildman–Crippen LogP) is 8.40. The number of halogens is 4. The average Bonchev–Trinajstić information content (AvgIpc) is 3.80. The fraction of sp³-hybridized carbons (Fsp3) is 0.0556. The summed E-state index contributed by atoms with van der Waals surface area (Å²) in [5, 5.41) is 4.63. The van der Waals surface area contributed by atoms with E-state index in [0.717, 1.165) is 24.3 Å². The third kappa shape index (κ3) is 6.30. The van der Waals surface area contributed by atoms with E-state index in [1.165, 1.54) is 24.3 Å². The van der Waals surface area contributed by atoms with Gasteiger partial charge in [-0.1, -0.05) is 0 Å². The number of nitrogens with one attached hydrogen (secondary N) is 2. The van der Waals surface area contributed by atoms with Crippen molar-refractivity contribution in [1.82, 2.24) is 0 Å². The van der Waals surface area contributed by atoms with Gasteiger partial charge in [-0.15, -0.1) is 0 Å². The molecule has 236 valence electrons. The normalized spacial score (nSPS) is 14.0. The van der Waals surface area contributed by atoms with Gasteiger partial charge in [-0.3, -0.25) is 0 Å². The molecular formula is C36H26F4N2O4Ti. The second-order valence-electron chi connectivity index (χ2n) is 10.7. The summed E-state index contributed by atoms with van der Waals surface area (Å²) in [5.41, 5.74) is -0.869. The van der Waals surface area contributed by atoms with Crippen LogP contribution in [0.5, 0.6) is 11.5 Å². The van der Waals surface area contributed by atoms with Gasteiger partial charge in [-0.2, -0.15) is 0 Å². The van der Waals surface area contributed by atoms with E-state index in [0.29, 0.717) is 0 Å². The van der Waals surface area contributed by atoms with Crippen molar-refractivity contribution < 1.29 is 53.2 Å². The van der Waals surface area contributed by atoms with E-state index in [1.807, 2.05) is 0 Å². The second-order valence-corrected chi connectivity index (χ2v) is 17.0. The maximum atomic E-state index is 16.8. The number of carbonyl (C=O) groups excluding carboxylic acids is 2. The molecule has 4 aromatic carbocycles. The Morgan fingerprint density at radius 2 is 0.894 bits per heavy atom. The van der Waals surface area contributed by atoms with Crippen LogP contribution in [0, 0.1) is 23.3 Å². The zero-order valence-corrected chi connectivity index (χ0v) is 26.1. The SMILES string of the molecule is O=C(Nc1ccc(F)[c]([Ti]([c]2c(F)ccc(NC(=O)Oc3ccccc3)c2F)([CH]2C=CC=C2)[CH]2C=CC=C2)c1F)Oc1ccccc1. The van der Waals surface area contributed by atoms with Gasteiger partial charge in [0.05, 0.1) is 0 Å². The van der Waals surface area contributed by atoms with Crippen molar-refractivity contribution in [2.45, 2.75) is 8.45 Å². The van der Waals surface area contributed by atoms with Crippen molar-refractivity contribution in [2.24, 2.45) is 0 Å². The Labute approximate surface area is 271 Å². The Kier molecular flexibility index (Phi) is 9.24. The molecule has 0 aromatic heterocycles. The van der Waals surface area contributed by atoms with E-state index < -0.39 is 79.6 Å². The van der Waals surface area contributed by atoms with Crippen LogP contribution < -0.4 is 27.8 Å². The molecule has 0 spiro atoms. The molecule has 47 heavy (non-hydrogen) atoms. The summed E-state index contributed by atoms with van der Waals surface area (Å²) in [4.78, 5) is 25.5. The quantitative estimate of drug-likeness (QED) is 0.145. The Morgan fingerprint density at radius 3 is 1.26 bits per heavy atom. The monoisotopic (exact) mass is 674 g/mol. The minimum atomic E-state index is -5.20. The fourth-order valence-electron chi connectivity index (χ4n) is 6.00. The van der Waals surface area contributed by atoms with Crippen molar-refractivity contribution in [2.75, 3.05) is 10.6 Å². The molecule has 0 unspecified atom stereocenters. The molecule has 2 aliphatic carbocycles. The van der Waals surface area contributed by atoms with Crippen LogP contribution in [-0.2, 0) is 16.6 Å². The molecule has 11 heteroatoms. The summed E-state index contributed by atoms with van der Waals surface area (Å²) in [5.74, 6) is -4.07. The maximum absolute atomic E-state index is 16.8. The number of carbonyl (C=O) groups is 2. The van der Waals surface area contributed by atoms with E-state index in [1.54, 1.807) is 85.0 Å². The van der Waals surface area contributed by atoms with Crippen LogP contribution in [0.3, 0.4) is 0 Å². The number of benzene rings is 4. The third-order valence-corrected chi connectivity index (χ3v) is 16.4. The first kappa shape index (κ1) is 31.8. The summed E-state index contributed by atoms with van der Waals surface area (Å²) < 4.78 is 74.0. The summed E-state index contributed by atoms with van der Waals surface area (Å²) in [6.45, 7) is 0. The first-order chi connectivity index (χ1) is 22.8. The number of allylic oxidation sites excluding steroid dienone is 8. The molecule has 0 fully saturated rings. The second kappa shape index (κ2) is 13.7. The minimum absolute atomic E-state index is 0.182. The number of anilines is 2. The van der Waals surface area contributed by atoms with Gasteiger partial charge in [0.15, 0.2) is 0 Å². The molecule has 0 bridgehead atoms. The van der Waals surface area contributed by atoms with Gasteiger partial charge >= 0.3 is 272 Å². The number of rotatable bonds is 8. The zero-order valence-electron chi connectivity index (χ0n) is 24.5. The summed E-state index contributed by atoms with van der Waals surface area (Å²) in [7, 11) is 0. The third-order valence-electron chi connectivity index (χ3n) is 7.94. The van der Waals surface area contributed by atoms with Gasteiger partial charge in [-0.05, 0) is 0 Å². The number of hydrogen-bond donors (Lipinski definition) is 2. The molecule has 0 radical (unpaired) electrons. The van der Waals surface area contributed by atoms with Gasteiger partial charge in [0.25, 0.3) is 0 Å². The van der Waals surface area contributed by atoms with Crippen molar-refractivity contribution >= 4 is 31.3 Å². The fourth-order valence-corrected chi connectivity index (χ4v) is 14.8. The predicted molar refractivity (Wildman–Crippen MR) is 168 cm³/mol. The van der Waals surface area contributed by atoms with Gasteiger partial charge in [0, 0.05) is 0 Å². The van der Waals surface area contributed by atoms with Crippen molar-refractivity contribution in [3.05, 3.63) is 157 Å². The molecule has 0 saturated carbocycles. The first-order valence-electron chi connectivity index (χ1n) is 14.5. The van der Waals surface area contributed by atoms with Crippen LogP contribution in [0.1, 0.15) is 0 Å². The zero-order chi connectivity index (χ0) is 33.0. The molecule has 6 nitrogen and oxygen atoms in total. The summed E-state index contributed by atoms with van der Waals surface area (Å²) in [6, 6.07) is 20.0. The van der Waals surface area contributed by atoms with E-state index in [4.69, 9.17) is 9.47 Å². The van der Waals surface area contributed by atoms with Gasteiger partial charge < -0.3 is 0 Å². The molecule has 2 N–H and O–H groups in total. The molecular weight excluding hydrogens is 648 g/mol. The van der Waals surface area contributed by atoms with Crippen molar-refractivity contribution in [3.8, 4) is 11.5 Å².